The minimum absolute atomic E-state index is 0.167. The molecule has 2 atom stereocenters. The molecule has 66 valence electrons. The van der Waals surface area contributed by atoms with Crippen LogP contribution in [0.25, 0.3) is 0 Å². The van der Waals surface area contributed by atoms with Gasteiger partial charge < -0.3 is 9.90 Å². The zero-order valence-electron chi connectivity index (χ0n) is 7.03. The van der Waals surface area contributed by atoms with Crippen molar-refractivity contribution in [1.82, 2.24) is 0 Å². The molecule has 0 N–H and O–H groups in total. The molecular weight excluding hydrogens is 152 g/mol. The molecule has 0 aromatic heterocycles. The zero-order valence-corrected chi connectivity index (χ0v) is 7.03. The van der Waals surface area contributed by atoms with E-state index in [1.807, 2.05) is 0 Å². The van der Waals surface area contributed by atoms with Crippen LogP contribution in [0.15, 0.2) is 12.2 Å². The van der Waals surface area contributed by atoms with Gasteiger partial charge in [-0.1, -0.05) is 12.2 Å². The summed E-state index contributed by atoms with van der Waals surface area (Å²) in [6.45, 7) is 0. The minimum Gasteiger partial charge on any atom is -0.550 e. The highest BCUT2D eigenvalue weighted by atomic mass is 16.4. The molecule has 1 fully saturated rings. The molecule has 0 bridgehead atoms. The SMILES string of the molecule is O=C([O-])C1C[C@@H]2CC=CC[C@H]2C1. The second kappa shape index (κ2) is 2.92. The Morgan fingerprint density at radius 1 is 1.17 bits per heavy atom. The van der Waals surface area contributed by atoms with Crippen LogP contribution in [-0.4, -0.2) is 5.97 Å². The number of carboxylic acid groups (broad SMARTS) is 1. The molecular formula is C10H13O2-. The van der Waals surface area contributed by atoms with Gasteiger partial charge >= 0.3 is 0 Å². The Hall–Kier alpha value is -0.790. The highest BCUT2D eigenvalue weighted by Crippen LogP contribution is 2.42. The molecule has 0 heterocycles. The fourth-order valence-corrected chi connectivity index (χ4v) is 2.52. The van der Waals surface area contributed by atoms with Crippen molar-refractivity contribution in [2.24, 2.45) is 17.8 Å². The third kappa shape index (κ3) is 1.26. The average Bonchev–Trinajstić information content (AvgIpc) is 2.46. The predicted octanol–water partition coefficient (Wildman–Crippen LogP) is 0.729. The minimum atomic E-state index is -0.843. The highest BCUT2D eigenvalue weighted by molar-refractivity contribution is 5.68. The van der Waals surface area contributed by atoms with Crippen molar-refractivity contribution in [2.75, 3.05) is 0 Å². The first kappa shape index (κ1) is 7.84. The Morgan fingerprint density at radius 2 is 1.67 bits per heavy atom. The van der Waals surface area contributed by atoms with Gasteiger partial charge in [-0.3, -0.25) is 0 Å². The second-order valence-electron chi connectivity index (χ2n) is 3.95. The van der Waals surface area contributed by atoms with Gasteiger partial charge in [0.1, 0.15) is 0 Å². The van der Waals surface area contributed by atoms with E-state index in [2.05, 4.69) is 12.2 Å². The molecule has 2 nitrogen and oxygen atoms in total. The van der Waals surface area contributed by atoms with E-state index >= 15 is 0 Å². The molecule has 2 rings (SSSR count). The summed E-state index contributed by atoms with van der Waals surface area (Å²) in [5.41, 5.74) is 0. The number of hydrogen-bond donors (Lipinski definition) is 0. The monoisotopic (exact) mass is 165 g/mol. The maximum Gasteiger partial charge on any atom is 0.0445 e. The van der Waals surface area contributed by atoms with Crippen molar-refractivity contribution in [2.45, 2.75) is 25.7 Å². The highest BCUT2D eigenvalue weighted by Gasteiger charge is 2.34. The standard InChI is InChI=1S/C10H14O2/c11-10(12)9-5-7-3-1-2-4-8(7)6-9/h1-2,7-9H,3-6H2,(H,11,12)/p-1/t7-,8-/m0/s1. The van der Waals surface area contributed by atoms with Gasteiger partial charge in [0.2, 0.25) is 0 Å². The number of allylic oxidation sites excluding steroid dienone is 2. The Labute approximate surface area is 72.3 Å². The lowest BCUT2D eigenvalue weighted by molar-refractivity contribution is -0.311. The lowest BCUT2D eigenvalue weighted by Gasteiger charge is -2.19. The van der Waals surface area contributed by atoms with E-state index < -0.39 is 5.97 Å². The average molecular weight is 165 g/mol. The van der Waals surface area contributed by atoms with Crippen LogP contribution in [0.3, 0.4) is 0 Å². The van der Waals surface area contributed by atoms with Crippen LogP contribution in [0.4, 0.5) is 0 Å². The van der Waals surface area contributed by atoms with E-state index in [0.29, 0.717) is 11.8 Å². The number of carboxylic acids is 1. The van der Waals surface area contributed by atoms with Crippen LogP contribution in [0, 0.1) is 17.8 Å². The largest absolute Gasteiger partial charge is 0.550 e. The third-order valence-electron chi connectivity index (χ3n) is 3.22. The summed E-state index contributed by atoms with van der Waals surface area (Å²) in [5.74, 6) is 0.236. The quantitative estimate of drug-likeness (QED) is 0.537. The smallest absolute Gasteiger partial charge is 0.0445 e. The van der Waals surface area contributed by atoms with E-state index in [1.54, 1.807) is 0 Å². The number of aliphatic carboxylic acids is 1. The van der Waals surface area contributed by atoms with Gasteiger partial charge in [0.05, 0.1) is 0 Å². The molecule has 2 aliphatic rings. The predicted molar refractivity (Wildman–Crippen MR) is 43.1 cm³/mol. The number of fused-ring (bicyclic) bond motifs is 1. The third-order valence-corrected chi connectivity index (χ3v) is 3.22. The maximum atomic E-state index is 10.6. The molecule has 12 heavy (non-hydrogen) atoms. The molecule has 2 aliphatic carbocycles. The molecule has 0 amide bonds. The van der Waals surface area contributed by atoms with Crippen LogP contribution in [0.2, 0.25) is 0 Å². The van der Waals surface area contributed by atoms with Crippen LogP contribution >= 0.6 is 0 Å². The van der Waals surface area contributed by atoms with Crippen LogP contribution in [-0.2, 0) is 4.79 Å². The number of rotatable bonds is 1. The summed E-state index contributed by atoms with van der Waals surface area (Å²) in [5, 5.41) is 10.6. The first-order chi connectivity index (χ1) is 5.77. The zero-order chi connectivity index (χ0) is 8.55. The Balaban J connectivity index is 2.02. The molecule has 0 spiro atoms. The van der Waals surface area contributed by atoms with E-state index in [9.17, 15) is 9.90 Å². The van der Waals surface area contributed by atoms with Gasteiger partial charge in [-0.25, -0.2) is 0 Å². The fraction of sp³-hybridized carbons (Fsp3) is 0.700. The van der Waals surface area contributed by atoms with Crippen LogP contribution in [0.5, 0.6) is 0 Å². The lowest BCUT2D eigenvalue weighted by Crippen LogP contribution is -2.29. The molecule has 0 radical (unpaired) electrons. The first-order valence-corrected chi connectivity index (χ1v) is 4.63. The van der Waals surface area contributed by atoms with Crippen molar-refractivity contribution in [3.05, 3.63) is 12.2 Å². The summed E-state index contributed by atoms with van der Waals surface area (Å²) in [7, 11) is 0. The van der Waals surface area contributed by atoms with Gasteiger partial charge in [-0.2, -0.15) is 0 Å². The number of hydrogen-bond acceptors (Lipinski definition) is 2. The first-order valence-electron chi connectivity index (χ1n) is 4.63. The molecule has 0 saturated heterocycles. The van der Waals surface area contributed by atoms with Crippen molar-refractivity contribution in [1.29, 1.82) is 0 Å². The van der Waals surface area contributed by atoms with Crippen LogP contribution in [0.1, 0.15) is 25.7 Å². The summed E-state index contributed by atoms with van der Waals surface area (Å²) < 4.78 is 0. The van der Waals surface area contributed by atoms with E-state index in [0.717, 1.165) is 25.7 Å². The van der Waals surface area contributed by atoms with Crippen molar-refractivity contribution in [3.63, 3.8) is 0 Å². The summed E-state index contributed by atoms with van der Waals surface area (Å²) in [4.78, 5) is 10.6. The lowest BCUT2D eigenvalue weighted by atomic mass is 9.86. The second-order valence-corrected chi connectivity index (χ2v) is 3.95. The molecule has 1 saturated carbocycles. The molecule has 0 unspecified atom stereocenters. The molecule has 0 aromatic carbocycles. The van der Waals surface area contributed by atoms with Gasteiger partial charge in [-0.15, -0.1) is 0 Å². The van der Waals surface area contributed by atoms with Crippen molar-refractivity contribution >= 4 is 5.97 Å². The Kier molecular flexibility index (Phi) is 1.91. The Bertz CT molecular complexity index is 204. The summed E-state index contributed by atoms with van der Waals surface area (Å²) in [6, 6.07) is 0. The van der Waals surface area contributed by atoms with Crippen molar-refractivity contribution in [3.8, 4) is 0 Å². The maximum absolute atomic E-state index is 10.6. The fourth-order valence-electron chi connectivity index (χ4n) is 2.52. The van der Waals surface area contributed by atoms with Gasteiger partial charge in [0.25, 0.3) is 0 Å². The van der Waals surface area contributed by atoms with Gasteiger partial charge in [0, 0.05) is 5.97 Å². The van der Waals surface area contributed by atoms with Crippen LogP contribution < -0.4 is 5.11 Å². The van der Waals surface area contributed by atoms with E-state index in [-0.39, 0.29) is 5.92 Å². The molecule has 0 aromatic rings. The van der Waals surface area contributed by atoms with Crippen molar-refractivity contribution < 1.29 is 9.90 Å². The van der Waals surface area contributed by atoms with E-state index in [4.69, 9.17) is 0 Å². The number of carbonyl (C=O) groups is 1. The summed E-state index contributed by atoms with van der Waals surface area (Å²) in [6.07, 6.45) is 8.20. The number of carbonyl (C=O) groups excluding carboxylic acids is 1. The normalized spacial score (nSPS) is 35.0. The van der Waals surface area contributed by atoms with E-state index in [1.165, 1.54) is 0 Å². The van der Waals surface area contributed by atoms with Gasteiger partial charge in [0.15, 0.2) is 0 Å². The molecule has 0 aliphatic heterocycles. The summed E-state index contributed by atoms with van der Waals surface area (Å²) >= 11 is 0. The molecule has 2 heteroatoms. The van der Waals surface area contributed by atoms with Gasteiger partial charge in [-0.05, 0) is 43.4 Å². The Morgan fingerprint density at radius 3 is 2.08 bits per heavy atom. The topological polar surface area (TPSA) is 40.1 Å².